The fourth-order valence-corrected chi connectivity index (χ4v) is 4.92. The number of hydrogen-bond donors (Lipinski definition) is 1. The van der Waals surface area contributed by atoms with Crippen LogP contribution in [0.25, 0.3) is 16.9 Å². The van der Waals surface area contributed by atoms with Gasteiger partial charge in [-0.15, -0.1) is 0 Å². The molecule has 0 saturated carbocycles. The molecule has 1 unspecified atom stereocenters. The van der Waals surface area contributed by atoms with Crippen molar-refractivity contribution in [3.05, 3.63) is 78.2 Å². The van der Waals surface area contributed by atoms with Gasteiger partial charge in [-0.25, -0.2) is 9.97 Å². The predicted octanol–water partition coefficient (Wildman–Crippen LogP) is 6.99. The number of fused-ring (bicyclic) bond motifs is 1. The zero-order valence-corrected chi connectivity index (χ0v) is 22.4. The Hall–Kier alpha value is -3.25. The van der Waals surface area contributed by atoms with Crippen LogP contribution in [0, 0.1) is 0 Å². The number of nitrogens with zero attached hydrogens (tertiary/aromatic N) is 5. The van der Waals surface area contributed by atoms with Gasteiger partial charge in [0, 0.05) is 12.2 Å². The average molecular weight is 485 g/mol. The first-order chi connectivity index (χ1) is 17.5. The molecule has 0 radical (unpaired) electrons. The van der Waals surface area contributed by atoms with Crippen LogP contribution in [0.3, 0.4) is 0 Å². The van der Waals surface area contributed by atoms with E-state index in [0.29, 0.717) is 11.9 Å². The van der Waals surface area contributed by atoms with Crippen LogP contribution in [0.4, 0.5) is 5.95 Å². The van der Waals surface area contributed by atoms with E-state index in [1.54, 1.807) is 6.20 Å². The van der Waals surface area contributed by atoms with Crippen LogP contribution in [0.15, 0.2) is 67.1 Å². The van der Waals surface area contributed by atoms with Gasteiger partial charge in [-0.3, -0.25) is 4.57 Å². The van der Waals surface area contributed by atoms with Crippen molar-refractivity contribution in [1.29, 1.82) is 0 Å². The Labute approximate surface area is 215 Å². The van der Waals surface area contributed by atoms with E-state index in [2.05, 4.69) is 90.1 Å². The summed E-state index contributed by atoms with van der Waals surface area (Å²) in [5, 5.41) is 3.38. The van der Waals surface area contributed by atoms with Gasteiger partial charge in [0.15, 0.2) is 0 Å². The van der Waals surface area contributed by atoms with Gasteiger partial charge >= 0.3 is 0 Å². The van der Waals surface area contributed by atoms with Gasteiger partial charge in [-0.1, -0.05) is 64.1 Å². The number of anilines is 1. The molecule has 190 valence electrons. The van der Waals surface area contributed by atoms with Crippen molar-refractivity contribution in [3.8, 4) is 5.82 Å². The highest BCUT2D eigenvalue weighted by Gasteiger charge is 2.20. The first-order valence-corrected chi connectivity index (χ1v) is 13.4. The lowest BCUT2D eigenvalue weighted by Crippen LogP contribution is -2.28. The lowest BCUT2D eigenvalue weighted by Gasteiger charge is -2.20. The van der Waals surface area contributed by atoms with E-state index in [-0.39, 0.29) is 6.04 Å². The van der Waals surface area contributed by atoms with Crippen molar-refractivity contribution in [2.45, 2.75) is 71.9 Å². The van der Waals surface area contributed by atoms with Gasteiger partial charge in [-0.2, -0.15) is 4.98 Å². The van der Waals surface area contributed by atoms with Crippen LogP contribution in [0.5, 0.6) is 0 Å². The lowest BCUT2D eigenvalue weighted by atomic mass is 10.0. The number of imidazole rings is 1. The van der Waals surface area contributed by atoms with E-state index >= 15 is 0 Å². The molecule has 1 aliphatic heterocycles. The Bertz CT molecular complexity index is 1220. The maximum absolute atomic E-state index is 4.69. The third kappa shape index (κ3) is 6.11. The van der Waals surface area contributed by atoms with Crippen molar-refractivity contribution >= 4 is 17.0 Å². The predicted molar refractivity (Wildman–Crippen MR) is 150 cm³/mol. The van der Waals surface area contributed by atoms with Crippen molar-refractivity contribution in [3.63, 3.8) is 0 Å². The van der Waals surface area contributed by atoms with Crippen LogP contribution in [0.2, 0.25) is 0 Å². The van der Waals surface area contributed by atoms with Crippen molar-refractivity contribution < 1.29 is 0 Å². The van der Waals surface area contributed by atoms with E-state index in [4.69, 9.17) is 0 Å². The smallest absolute Gasteiger partial charge is 0.225 e. The van der Waals surface area contributed by atoms with Crippen LogP contribution < -0.4 is 5.32 Å². The van der Waals surface area contributed by atoms with Gasteiger partial charge in [0.2, 0.25) is 5.95 Å². The summed E-state index contributed by atoms with van der Waals surface area (Å²) in [5.74, 6) is 1.88. The zero-order valence-electron chi connectivity index (χ0n) is 22.4. The monoisotopic (exact) mass is 484 g/mol. The van der Waals surface area contributed by atoms with Crippen LogP contribution in [-0.4, -0.2) is 43.6 Å². The molecule has 1 aliphatic rings. The third-order valence-corrected chi connectivity index (χ3v) is 7.15. The fourth-order valence-electron chi connectivity index (χ4n) is 4.92. The van der Waals surface area contributed by atoms with E-state index in [0.717, 1.165) is 22.9 Å². The summed E-state index contributed by atoms with van der Waals surface area (Å²) in [4.78, 5) is 16.2. The number of benzene rings is 2. The molecule has 36 heavy (non-hydrogen) atoms. The topological polar surface area (TPSA) is 58.9 Å². The van der Waals surface area contributed by atoms with E-state index < -0.39 is 0 Å². The number of nitrogens with one attached hydrogen (secondary N) is 1. The van der Waals surface area contributed by atoms with E-state index in [9.17, 15) is 0 Å². The van der Waals surface area contributed by atoms with Gasteiger partial charge in [0.25, 0.3) is 0 Å². The minimum absolute atomic E-state index is 0.120. The fraction of sp³-hybridized carbons (Fsp3) is 0.433. The number of likely N-dealkylation sites (tertiary alicyclic amines) is 1. The zero-order chi connectivity index (χ0) is 25.5. The standard InChI is InChI=1S/C22H23N5.C8H17N/c1-15(2)18-9-10-20-19(13-18)24-14-27(20)21-11-12-23-22(26-21)25-16(3)17-7-5-4-6-8-17;1-3-8-6-5-7-9(8)4-2/h4-16H,1-3H3,(H,23,25,26);8H,3-7H2,1-2H3/t16-;/m0./s1. The molecule has 6 nitrogen and oxygen atoms in total. The highest BCUT2D eigenvalue weighted by atomic mass is 15.2. The van der Waals surface area contributed by atoms with Crippen molar-refractivity contribution in [1.82, 2.24) is 24.4 Å². The molecule has 6 heteroatoms. The molecular formula is C30H40N6. The third-order valence-electron chi connectivity index (χ3n) is 7.15. The Morgan fingerprint density at radius 3 is 2.47 bits per heavy atom. The molecule has 5 rings (SSSR count). The van der Waals surface area contributed by atoms with Crippen LogP contribution in [0.1, 0.15) is 77.0 Å². The molecule has 0 aliphatic carbocycles. The summed E-state index contributed by atoms with van der Waals surface area (Å²) < 4.78 is 2.00. The van der Waals surface area contributed by atoms with Crippen molar-refractivity contribution in [2.24, 2.45) is 0 Å². The molecule has 2 aromatic heterocycles. The molecule has 0 amide bonds. The maximum atomic E-state index is 4.69. The van der Waals surface area contributed by atoms with Crippen molar-refractivity contribution in [2.75, 3.05) is 18.4 Å². The number of aromatic nitrogens is 4. The van der Waals surface area contributed by atoms with Gasteiger partial charge in [-0.05, 0) is 74.5 Å². The highest BCUT2D eigenvalue weighted by Crippen LogP contribution is 2.23. The molecule has 2 aromatic carbocycles. The first kappa shape index (κ1) is 25.8. The van der Waals surface area contributed by atoms with Crippen LogP contribution >= 0.6 is 0 Å². The van der Waals surface area contributed by atoms with Gasteiger partial charge in [0.1, 0.15) is 12.1 Å². The van der Waals surface area contributed by atoms with Crippen LogP contribution in [-0.2, 0) is 0 Å². The summed E-state index contributed by atoms with van der Waals surface area (Å²) in [6.45, 7) is 13.6. The lowest BCUT2D eigenvalue weighted by molar-refractivity contribution is 0.262. The maximum Gasteiger partial charge on any atom is 0.225 e. The molecule has 2 atom stereocenters. The minimum atomic E-state index is 0.120. The Morgan fingerprint density at radius 1 is 0.972 bits per heavy atom. The molecular weight excluding hydrogens is 444 g/mol. The Morgan fingerprint density at radius 2 is 1.78 bits per heavy atom. The van der Waals surface area contributed by atoms with Gasteiger partial charge in [0.05, 0.1) is 17.1 Å². The molecule has 4 aromatic rings. The second kappa shape index (κ2) is 12.1. The summed E-state index contributed by atoms with van der Waals surface area (Å²) in [6, 6.07) is 19.6. The normalized spacial score (nSPS) is 16.7. The van der Waals surface area contributed by atoms with Gasteiger partial charge < -0.3 is 10.2 Å². The molecule has 1 saturated heterocycles. The second-order valence-corrected chi connectivity index (χ2v) is 9.87. The largest absolute Gasteiger partial charge is 0.348 e. The Balaban J connectivity index is 0.000000286. The van der Waals surface area contributed by atoms with E-state index in [1.165, 1.54) is 43.5 Å². The molecule has 1 N–H and O–H groups in total. The summed E-state index contributed by atoms with van der Waals surface area (Å²) >= 11 is 0. The molecule has 1 fully saturated rings. The summed E-state index contributed by atoms with van der Waals surface area (Å²) in [7, 11) is 0. The second-order valence-electron chi connectivity index (χ2n) is 9.87. The average Bonchev–Trinajstić information content (AvgIpc) is 3.56. The molecule has 0 spiro atoms. The van der Waals surface area contributed by atoms with E-state index in [1.807, 2.05) is 35.2 Å². The quantitative estimate of drug-likeness (QED) is 0.306. The summed E-state index contributed by atoms with van der Waals surface area (Å²) in [5.41, 5.74) is 4.50. The number of hydrogen-bond acceptors (Lipinski definition) is 5. The first-order valence-electron chi connectivity index (χ1n) is 13.4. The highest BCUT2D eigenvalue weighted by molar-refractivity contribution is 5.78. The summed E-state index contributed by atoms with van der Waals surface area (Å²) in [6.07, 6.45) is 7.79. The molecule has 0 bridgehead atoms. The number of rotatable bonds is 7. The minimum Gasteiger partial charge on any atom is -0.348 e. The SMILES string of the molecule is CC(C)c1ccc2c(c1)ncn2-c1ccnc(N[C@@H](C)c2ccccc2)n1.CCC1CCCN1CC. The Kier molecular flexibility index (Phi) is 8.70. The molecule has 3 heterocycles.